The predicted octanol–water partition coefficient (Wildman–Crippen LogP) is 4.42. The Morgan fingerprint density at radius 3 is 2.78 bits per heavy atom. The number of halogens is 1. The molecule has 118 valence electrons. The van der Waals surface area contributed by atoms with E-state index in [1.165, 1.54) is 0 Å². The quantitative estimate of drug-likeness (QED) is 0.774. The van der Waals surface area contributed by atoms with Crippen molar-refractivity contribution >= 4 is 28.8 Å². The van der Waals surface area contributed by atoms with E-state index >= 15 is 0 Å². The average Bonchev–Trinajstić information content (AvgIpc) is 2.89. The molecule has 23 heavy (non-hydrogen) atoms. The second-order valence-electron chi connectivity index (χ2n) is 5.56. The molecule has 0 atom stereocenters. The Hall–Kier alpha value is -2.33. The van der Waals surface area contributed by atoms with Gasteiger partial charge in [0.15, 0.2) is 0 Å². The van der Waals surface area contributed by atoms with Crippen molar-refractivity contribution in [1.29, 1.82) is 0 Å². The molecular formula is C18H18ClN3O. The van der Waals surface area contributed by atoms with Crippen molar-refractivity contribution in [3.8, 4) is 0 Å². The van der Waals surface area contributed by atoms with Crippen LogP contribution >= 0.6 is 11.6 Å². The van der Waals surface area contributed by atoms with Crippen LogP contribution in [0.5, 0.6) is 0 Å². The molecule has 0 fully saturated rings. The number of nitrogens with zero attached hydrogens (tertiary/aromatic N) is 2. The van der Waals surface area contributed by atoms with E-state index in [2.05, 4.69) is 10.3 Å². The number of fused-ring (bicyclic) bond motifs is 1. The fraction of sp³-hybridized carbons (Fsp3) is 0.222. The number of benzene rings is 1. The molecule has 2 heterocycles. The first-order valence-corrected chi connectivity index (χ1v) is 7.93. The molecule has 0 spiro atoms. The molecule has 2 aromatic heterocycles. The topological polar surface area (TPSA) is 46.4 Å². The summed E-state index contributed by atoms with van der Waals surface area (Å²) in [5, 5.41) is 3.59. The molecule has 0 bridgehead atoms. The van der Waals surface area contributed by atoms with E-state index in [0.717, 1.165) is 22.5 Å². The molecule has 0 aliphatic heterocycles. The molecule has 0 unspecified atom stereocenters. The van der Waals surface area contributed by atoms with Crippen LogP contribution in [0.3, 0.4) is 0 Å². The van der Waals surface area contributed by atoms with E-state index in [9.17, 15) is 4.79 Å². The first-order chi connectivity index (χ1) is 11.0. The maximum absolute atomic E-state index is 12.8. The number of hydrogen-bond acceptors (Lipinski definition) is 2. The SMILES string of the molecule is CCc1nc2ccc(C)cn2c1C(=O)Nc1cccc(Cl)c1C. The monoisotopic (exact) mass is 327 g/mol. The van der Waals surface area contributed by atoms with Crippen LogP contribution in [0.15, 0.2) is 36.5 Å². The number of imidazole rings is 1. The lowest BCUT2D eigenvalue weighted by Gasteiger charge is -2.10. The van der Waals surface area contributed by atoms with Crippen LogP contribution < -0.4 is 5.32 Å². The number of aromatic nitrogens is 2. The van der Waals surface area contributed by atoms with Gasteiger partial charge in [-0.05, 0) is 49.6 Å². The van der Waals surface area contributed by atoms with Gasteiger partial charge in [0.2, 0.25) is 0 Å². The van der Waals surface area contributed by atoms with Crippen LogP contribution in [0.2, 0.25) is 5.02 Å². The van der Waals surface area contributed by atoms with E-state index < -0.39 is 0 Å². The number of rotatable bonds is 3. The van der Waals surface area contributed by atoms with Crippen molar-refractivity contribution in [2.75, 3.05) is 5.32 Å². The van der Waals surface area contributed by atoms with Crippen molar-refractivity contribution in [2.45, 2.75) is 27.2 Å². The highest BCUT2D eigenvalue weighted by Gasteiger charge is 2.19. The van der Waals surface area contributed by atoms with E-state index in [4.69, 9.17) is 11.6 Å². The molecular weight excluding hydrogens is 310 g/mol. The van der Waals surface area contributed by atoms with Gasteiger partial charge in [-0.3, -0.25) is 9.20 Å². The predicted molar refractivity (Wildman–Crippen MR) is 93.4 cm³/mol. The summed E-state index contributed by atoms with van der Waals surface area (Å²) in [4.78, 5) is 17.4. The summed E-state index contributed by atoms with van der Waals surface area (Å²) in [5.41, 5.74) is 4.78. The van der Waals surface area contributed by atoms with Crippen molar-refractivity contribution in [3.63, 3.8) is 0 Å². The molecule has 0 aliphatic rings. The van der Waals surface area contributed by atoms with E-state index in [0.29, 0.717) is 22.8 Å². The standard InChI is InChI=1S/C18H18ClN3O/c1-4-14-17(22-10-11(2)8-9-16(22)20-14)18(23)21-15-7-5-6-13(19)12(15)3/h5-10H,4H2,1-3H3,(H,21,23). The van der Waals surface area contributed by atoms with Crippen LogP contribution in [-0.4, -0.2) is 15.3 Å². The van der Waals surface area contributed by atoms with E-state index in [-0.39, 0.29) is 5.91 Å². The highest BCUT2D eigenvalue weighted by atomic mass is 35.5. The average molecular weight is 328 g/mol. The van der Waals surface area contributed by atoms with Crippen molar-refractivity contribution < 1.29 is 4.79 Å². The molecule has 0 saturated heterocycles. The zero-order valence-electron chi connectivity index (χ0n) is 13.4. The minimum absolute atomic E-state index is 0.176. The van der Waals surface area contributed by atoms with Gasteiger partial charge in [0, 0.05) is 16.9 Å². The van der Waals surface area contributed by atoms with Gasteiger partial charge in [-0.25, -0.2) is 4.98 Å². The number of carbonyl (C=O) groups is 1. The van der Waals surface area contributed by atoms with Gasteiger partial charge in [0.05, 0.1) is 5.69 Å². The molecule has 3 aromatic rings. The number of hydrogen-bond donors (Lipinski definition) is 1. The first-order valence-electron chi connectivity index (χ1n) is 7.55. The van der Waals surface area contributed by atoms with Crippen LogP contribution in [-0.2, 0) is 6.42 Å². The summed E-state index contributed by atoms with van der Waals surface area (Å²) >= 11 is 6.13. The maximum atomic E-state index is 12.8. The molecule has 0 aliphatic carbocycles. The fourth-order valence-electron chi connectivity index (χ4n) is 2.61. The summed E-state index contributed by atoms with van der Waals surface area (Å²) in [6, 6.07) is 9.39. The normalized spacial score (nSPS) is 11.0. The van der Waals surface area contributed by atoms with Crippen molar-refractivity contribution in [1.82, 2.24) is 9.38 Å². The lowest BCUT2D eigenvalue weighted by Crippen LogP contribution is -2.17. The summed E-state index contributed by atoms with van der Waals surface area (Å²) in [6.45, 7) is 5.88. The van der Waals surface area contributed by atoms with Crippen LogP contribution in [0.1, 0.15) is 34.2 Å². The Labute approximate surface area is 140 Å². The highest BCUT2D eigenvalue weighted by Crippen LogP contribution is 2.24. The summed E-state index contributed by atoms with van der Waals surface area (Å²) in [5.74, 6) is -0.176. The van der Waals surface area contributed by atoms with E-state index in [1.807, 2.05) is 61.7 Å². The van der Waals surface area contributed by atoms with Gasteiger partial charge in [-0.1, -0.05) is 30.7 Å². The van der Waals surface area contributed by atoms with E-state index in [1.54, 1.807) is 0 Å². The molecule has 5 heteroatoms. The second-order valence-corrected chi connectivity index (χ2v) is 5.97. The Kier molecular flexibility index (Phi) is 4.09. The lowest BCUT2D eigenvalue weighted by molar-refractivity contribution is 0.102. The van der Waals surface area contributed by atoms with Gasteiger partial charge in [0.1, 0.15) is 11.3 Å². The van der Waals surface area contributed by atoms with Crippen molar-refractivity contribution in [3.05, 3.63) is 64.1 Å². The van der Waals surface area contributed by atoms with Gasteiger partial charge >= 0.3 is 0 Å². The van der Waals surface area contributed by atoms with Gasteiger partial charge in [0.25, 0.3) is 5.91 Å². The molecule has 4 nitrogen and oxygen atoms in total. The molecule has 1 N–H and O–H groups in total. The molecule has 1 amide bonds. The zero-order chi connectivity index (χ0) is 16.6. The lowest BCUT2D eigenvalue weighted by atomic mass is 10.2. The fourth-order valence-corrected chi connectivity index (χ4v) is 2.79. The number of carbonyl (C=O) groups excluding carboxylic acids is 1. The summed E-state index contributed by atoms with van der Waals surface area (Å²) < 4.78 is 1.85. The highest BCUT2D eigenvalue weighted by molar-refractivity contribution is 6.31. The zero-order valence-corrected chi connectivity index (χ0v) is 14.1. The first kappa shape index (κ1) is 15.6. The smallest absolute Gasteiger partial charge is 0.274 e. The summed E-state index contributed by atoms with van der Waals surface area (Å²) in [6.07, 6.45) is 2.62. The van der Waals surface area contributed by atoms with Crippen LogP contribution in [0.25, 0.3) is 5.65 Å². The Bertz CT molecular complexity index is 899. The minimum atomic E-state index is -0.176. The van der Waals surface area contributed by atoms with Crippen LogP contribution in [0.4, 0.5) is 5.69 Å². The number of aryl methyl sites for hydroxylation is 2. The molecule has 0 saturated carbocycles. The third kappa shape index (κ3) is 2.82. The Morgan fingerprint density at radius 2 is 2.04 bits per heavy atom. The van der Waals surface area contributed by atoms with Crippen molar-refractivity contribution in [2.24, 2.45) is 0 Å². The number of amides is 1. The van der Waals surface area contributed by atoms with Gasteiger partial charge in [-0.15, -0.1) is 0 Å². The number of pyridine rings is 1. The number of nitrogens with one attached hydrogen (secondary N) is 1. The summed E-state index contributed by atoms with van der Waals surface area (Å²) in [7, 11) is 0. The van der Waals surface area contributed by atoms with Crippen LogP contribution in [0, 0.1) is 13.8 Å². The van der Waals surface area contributed by atoms with Gasteiger partial charge < -0.3 is 5.32 Å². The molecule has 0 radical (unpaired) electrons. The number of anilines is 1. The molecule has 3 rings (SSSR count). The Morgan fingerprint density at radius 1 is 1.26 bits per heavy atom. The molecule has 1 aromatic carbocycles. The third-order valence-corrected chi connectivity index (χ3v) is 4.31. The maximum Gasteiger partial charge on any atom is 0.274 e. The second kappa shape index (κ2) is 6.05. The van der Waals surface area contributed by atoms with Gasteiger partial charge in [-0.2, -0.15) is 0 Å². The largest absolute Gasteiger partial charge is 0.320 e. The third-order valence-electron chi connectivity index (χ3n) is 3.90. The minimum Gasteiger partial charge on any atom is -0.320 e. The Balaban J connectivity index is 2.06.